The number of nitrogens with zero attached hydrogens (tertiary/aromatic N) is 1. The second-order valence-corrected chi connectivity index (χ2v) is 6.83. The number of likely N-dealkylation sites (tertiary alicyclic amines) is 1. The van der Waals surface area contributed by atoms with Crippen LogP contribution in [0.25, 0.3) is 0 Å². The topological polar surface area (TPSA) is 94.9 Å². The van der Waals surface area contributed by atoms with Crippen LogP contribution in [0.1, 0.15) is 28.8 Å². The quantitative estimate of drug-likeness (QED) is 0.591. The second-order valence-electron chi connectivity index (χ2n) is 6.83. The van der Waals surface area contributed by atoms with Crippen molar-refractivity contribution in [3.63, 3.8) is 0 Å². The lowest BCUT2D eigenvalue weighted by atomic mass is 9.89. The Balaban J connectivity index is 0.000000438. The number of carboxylic acids is 2. The number of Topliss-reactive ketones (excluding diaryl/α,β-unsaturated/α-hetero) is 1. The molecule has 0 radical (unpaired) electrons. The molecule has 0 atom stereocenters. The van der Waals surface area contributed by atoms with Crippen LogP contribution in [0.5, 0.6) is 0 Å². The van der Waals surface area contributed by atoms with Crippen LogP contribution in [-0.2, 0) is 16.0 Å². The van der Waals surface area contributed by atoms with Crippen LogP contribution < -0.4 is 0 Å². The lowest BCUT2D eigenvalue weighted by molar-refractivity contribution is -0.159. The van der Waals surface area contributed by atoms with Crippen LogP contribution in [0.15, 0.2) is 54.6 Å². The van der Waals surface area contributed by atoms with Gasteiger partial charge in [-0.3, -0.25) is 4.79 Å². The van der Waals surface area contributed by atoms with Gasteiger partial charge < -0.3 is 15.1 Å². The fourth-order valence-corrected chi connectivity index (χ4v) is 3.20. The molecule has 0 saturated carbocycles. The minimum Gasteiger partial charge on any atom is -0.473 e. The van der Waals surface area contributed by atoms with Crippen LogP contribution in [0.4, 0.5) is 4.39 Å². The number of rotatable bonds is 5. The molecule has 0 aliphatic carbocycles. The van der Waals surface area contributed by atoms with Crippen molar-refractivity contribution in [2.75, 3.05) is 19.6 Å². The first-order chi connectivity index (χ1) is 13.9. The minimum atomic E-state index is -1.82. The first-order valence-electron chi connectivity index (χ1n) is 9.39. The molecular formula is C22H24FNO5. The van der Waals surface area contributed by atoms with Crippen LogP contribution in [0.3, 0.4) is 0 Å². The molecule has 1 aliphatic heterocycles. The Morgan fingerprint density at radius 3 is 1.97 bits per heavy atom. The van der Waals surface area contributed by atoms with Gasteiger partial charge in [-0.2, -0.15) is 0 Å². The van der Waals surface area contributed by atoms with E-state index in [1.54, 1.807) is 12.1 Å². The predicted octanol–water partition coefficient (Wildman–Crippen LogP) is 3.12. The zero-order chi connectivity index (χ0) is 21.2. The highest BCUT2D eigenvalue weighted by Crippen LogP contribution is 2.22. The molecule has 0 bridgehead atoms. The summed E-state index contributed by atoms with van der Waals surface area (Å²) in [4.78, 5) is 33.1. The average Bonchev–Trinajstić information content (AvgIpc) is 2.74. The smallest absolute Gasteiger partial charge is 0.414 e. The Labute approximate surface area is 168 Å². The van der Waals surface area contributed by atoms with Gasteiger partial charge in [-0.25, -0.2) is 14.0 Å². The van der Waals surface area contributed by atoms with Crippen molar-refractivity contribution in [3.05, 3.63) is 71.5 Å². The minimum absolute atomic E-state index is 0.0773. The number of carbonyl (C=O) groups excluding carboxylic acids is 1. The number of halogens is 1. The summed E-state index contributed by atoms with van der Waals surface area (Å²) in [5, 5.41) is 14.8. The third-order valence-corrected chi connectivity index (χ3v) is 4.83. The Kier molecular flexibility index (Phi) is 8.48. The lowest BCUT2D eigenvalue weighted by Crippen LogP contribution is -2.37. The highest BCUT2D eigenvalue weighted by molar-refractivity contribution is 6.27. The van der Waals surface area contributed by atoms with Crippen LogP contribution >= 0.6 is 0 Å². The summed E-state index contributed by atoms with van der Waals surface area (Å²) in [5.74, 6) is -3.71. The van der Waals surface area contributed by atoms with Gasteiger partial charge in [0.15, 0.2) is 5.78 Å². The standard InChI is InChI=1S/C20H22FNO.C2H2O4/c21-19-8-6-17(7-9-19)20(23)18-11-14-22(15-12-18)13-10-16-4-2-1-3-5-16;3-1(4)2(5)6/h1-9,18H,10-15H2;(H,3,4)(H,5,6). The van der Waals surface area contributed by atoms with E-state index in [4.69, 9.17) is 19.8 Å². The van der Waals surface area contributed by atoms with Gasteiger partial charge in [-0.1, -0.05) is 30.3 Å². The summed E-state index contributed by atoms with van der Waals surface area (Å²) < 4.78 is 13.0. The van der Waals surface area contributed by atoms with E-state index in [0.29, 0.717) is 5.56 Å². The van der Waals surface area contributed by atoms with Crippen LogP contribution in [0, 0.1) is 11.7 Å². The lowest BCUT2D eigenvalue weighted by Gasteiger charge is -2.31. The first-order valence-corrected chi connectivity index (χ1v) is 9.39. The SMILES string of the molecule is O=C(O)C(=O)O.O=C(c1ccc(F)cc1)C1CCN(CCc2ccccc2)CC1. The van der Waals surface area contributed by atoms with Crippen molar-refractivity contribution in [3.8, 4) is 0 Å². The summed E-state index contributed by atoms with van der Waals surface area (Å²) in [7, 11) is 0. The van der Waals surface area contributed by atoms with Gasteiger partial charge in [0.2, 0.25) is 0 Å². The molecule has 2 aromatic rings. The van der Waals surface area contributed by atoms with E-state index < -0.39 is 11.9 Å². The van der Waals surface area contributed by atoms with Crippen molar-refractivity contribution < 1.29 is 29.0 Å². The van der Waals surface area contributed by atoms with E-state index in [1.807, 2.05) is 6.07 Å². The van der Waals surface area contributed by atoms with E-state index in [1.165, 1.54) is 17.7 Å². The monoisotopic (exact) mass is 401 g/mol. The van der Waals surface area contributed by atoms with Crippen LogP contribution in [0.2, 0.25) is 0 Å². The van der Waals surface area contributed by atoms with E-state index in [2.05, 4.69) is 29.2 Å². The molecule has 0 amide bonds. The molecule has 1 saturated heterocycles. The number of carboxylic acid groups (broad SMARTS) is 2. The second kappa shape index (κ2) is 11.1. The van der Waals surface area contributed by atoms with Gasteiger partial charge in [0, 0.05) is 18.0 Å². The third kappa shape index (κ3) is 7.46. The summed E-state index contributed by atoms with van der Waals surface area (Å²) in [5.41, 5.74) is 1.99. The molecule has 29 heavy (non-hydrogen) atoms. The third-order valence-electron chi connectivity index (χ3n) is 4.83. The summed E-state index contributed by atoms with van der Waals surface area (Å²) >= 11 is 0. The van der Waals surface area contributed by atoms with Gasteiger partial charge in [0.1, 0.15) is 5.82 Å². The number of ketones is 1. The molecule has 0 aromatic heterocycles. The number of benzene rings is 2. The highest BCUT2D eigenvalue weighted by Gasteiger charge is 2.25. The first kappa shape index (κ1) is 22.2. The fourth-order valence-electron chi connectivity index (χ4n) is 3.20. The molecule has 2 aromatic carbocycles. The fraction of sp³-hybridized carbons (Fsp3) is 0.318. The van der Waals surface area contributed by atoms with E-state index in [0.717, 1.165) is 38.9 Å². The van der Waals surface area contributed by atoms with Gasteiger partial charge in [-0.05, 0) is 62.2 Å². The summed E-state index contributed by atoms with van der Waals surface area (Å²) in [6, 6.07) is 16.4. The Morgan fingerprint density at radius 1 is 0.897 bits per heavy atom. The molecule has 1 fully saturated rings. The molecule has 7 heteroatoms. The largest absolute Gasteiger partial charge is 0.473 e. The summed E-state index contributed by atoms with van der Waals surface area (Å²) in [6.07, 6.45) is 2.84. The Bertz CT molecular complexity index is 803. The number of carbonyl (C=O) groups is 3. The molecule has 6 nitrogen and oxygen atoms in total. The van der Waals surface area contributed by atoms with Gasteiger partial charge in [-0.15, -0.1) is 0 Å². The van der Waals surface area contributed by atoms with E-state index in [-0.39, 0.29) is 17.5 Å². The van der Waals surface area contributed by atoms with E-state index in [9.17, 15) is 9.18 Å². The normalized spacial score (nSPS) is 14.5. The molecule has 1 aliphatic rings. The molecule has 1 heterocycles. The van der Waals surface area contributed by atoms with Gasteiger partial charge in [0.05, 0.1) is 0 Å². The van der Waals surface area contributed by atoms with Crippen molar-refractivity contribution in [2.45, 2.75) is 19.3 Å². The Morgan fingerprint density at radius 2 is 1.45 bits per heavy atom. The molecule has 154 valence electrons. The zero-order valence-corrected chi connectivity index (χ0v) is 16.0. The number of piperidine rings is 1. The molecule has 0 spiro atoms. The molecule has 0 unspecified atom stereocenters. The summed E-state index contributed by atoms with van der Waals surface area (Å²) in [6.45, 7) is 2.97. The number of hydrogen-bond acceptors (Lipinski definition) is 4. The van der Waals surface area contributed by atoms with E-state index >= 15 is 0 Å². The molecule has 2 N–H and O–H groups in total. The van der Waals surface area contributed by atoms with Crippen LogP contribution in [-0.4, -0.2) is 52.5 Å². The van der Waals surface area contributed by atoms with Gasteiger partial charge >= 0.3 is 11.9 Å². The van der Waals surface area contributed by atoms with Crippen molar-refractivity contribution in [1.29, 1.82) is 0 Å². The maximum atomic E-state index is 13.0. The van der Waals surface area contributed by atoms with Crippen molar-refractivity contribution >= 4 is 17.7 Å². The number of aliphatic carboxylic acids is 2. The predicted molar refractivity (Wildman–Crippen MR) is 105 cm³/mol. The number of hydrogen-bond donors (Lipinski definition) is 2. The zero-order valence-electron chi connectivity index (χ0n) is 16.0. The maximum Gasteiger partial charge on any atom is 0.414 e. The maximum absolute atomic E-state index is 13.0. The molecular weight excluding hydrogens is 377 g/mol. The molecule has 3 rings (SSSR count). The van der Waals surface area contributed by atoms with Crippen molar-refractivity contribution in [2.24, 2.45) is 5.92 Å². The average molecular weight is 401 g/mol. The van der Waals surface area contributed by atoms with Gasteiger partial charge in [0.25, 0.3) is 0 Å². The van der Waals surface area contributed by atoms with Crippen molar-refractivity contribution in [1.82, 2.24) is 4.90 Å². The highest BCUT2D eigenvalue weighted by atomic mass is 19.1. The Hall–Kier alpha value is -3.06.